The molecule has 0 bridgehead atoms. The highest BCUT2D eigenvalue weighted by molar-refractivity contribution is 5.93. The van der Waals surface area contributed by atoms with Crippen molar-refractivity contribution in [2.45, 2.75) is 33.9 Å². The molecule has 1 N–H and O–H groups in total. The average molecular weight is 412 g/mol. The maximum absolute atomic E-state index is 12.7. The lowest BCUT2D eigenvalue weighted by atomic mass is 10.1. The summed E-state index contributed by atoms with van der Waals surface area (Å²) in [6.45, 7) is 6.26. The SMILES string of the molecule is COc1cccc(Cn2nc(C)c(NC(=O)C(C)Cn3cc([N+](=O)[O-])cn3)c2C)c1. The summed E-state index contributed by atoms with van der Waals surface area (Å²) in [5.74, 6) is 0.126. The van der Waals surface area contributed by atoms with Crippen molar-refractivity contribution in [3.05, 3.63) is 63.7 Å². The fourth-order valence-electron chi connectivity index (χ4n) is 3.13. The van der Waals surface area contributed by atoms with Crippen molar-refractivity contribution in [1.29, 1.82) is 0 Å². The first kappa shape index (κ1) is 21.0. The largest absolute Gasteiger partial charge is 0.497 e. The molecule has 30 heavy (non-hydrogen) atoms. The van der Waals surface area contributed by atoms with Gasteiger partial charge in [0, 0.05) is 0 Å². The van der Waals surface area contributed by atoms with Crippen LogP contribution in [0.5, 0.6) is 5.75 Å². The molecule has 10 heteroatoms. The molecule has 0 spiro atoms. The van der Waals surface area contributed by atoms with Crippen molar-refractivity contribution in [3.8, 4) is 5.75 Å². The van der Waals surface area contributed by atoms with Crippen LogP contribution < -0.4 is 10.1 Å². The van der Waals surface area contributed by atoms with Crippen molar-refractivity contribution in [2.75, 3.05) is 12.4 Å². The smallest absolute Gasteiger partial charge is 0.306 e. The molecule has 0 saturated carbocycles. The number of aryl methyl sites for hydroxylation is 1. The number of benzene rings is 1. The third-order valence-electron chi connectivity index (χ3n) is 4.84. The van der Waals surface area contributed by atoms with Crippen LogP contribution in [-0.4, -0.2) is 37.5 Å². The number of nitrogens with one attached hydrogen (secondary N) is 1. The second-order valence-electron chi connectivity index (χ2n) is 7.12. The minimum Gasteiger partial charge on any atom is -0.497 e. The van der Waals surface area contributed by atoms with Crippen LogP contribution in [0.25, 0.3) is 0 Å². The molecule has 1 aromatic carbocycles. The van der Waals surface area contributed by atoms with Gasteiger partial charge < -0.3 is 10.1 Å². The molecule has 0 radical (unpaired) electrons. The van der Waals surface area contributed by atoms with Gasteiger partial charge in [-0.15, -0.1) is 0 Å². The summed E-state index contributed by atoms with van der Waals surface area (Å²) in [6.07, 6.45) is 2.48. The number of hydrogen-bond donors (Lipinski definition) is 1. The molecule has 158 valence electrons. The highest BCUT2D eigenvalue weighted by Crippen LogP contribution is 2.22. The lowest BCUT2D eigenvalue weighted by Gasteiger charge is -2.13. The predicted molar refractivity (Wildman–Crippen MR) is 110 cm³/mol. The molecule has 0 aliphatic heterocycles. The molecular formula is C20H24N6O4. The van der Waals surface area contributed by atoms with Crippen molar-refractivity contribution < 1.29 is 14.5 Å². The standard InChI is InChI=1S/C20H24N6O4/c1-13(10-24-12-17(9-21-24)26(28)29)20(27)22-19-14(2)23-25(15(19)3)11-16-6-5-7-18(8-16)30-4/h5-9,12-13H,10-11H2,1-4H3,(H,22,27). The molecular weight excluding hydrogens is 388 g/mol. The maximum atomic E-state index is 12.7. The Labute approximate surface area is 173 Å². The summed E-state index contributed by atoms with van der Waals surface area (Å²) < 4.78 is 8.49. The van der Waals surface area contributed by atoms with Gasteiger partial charge in [0.2, 0.25) is 5.91 Å². The van der Waals surface area contributed by atoms with Crippen LogP contribution >= 0.6 is 0 Å². The third kappa shape index (κ3) is 4.65. The molecule has 0 fully saturated rings. The van der Waals surface area contributed by atoms with Crippen LogP contribution in [0.1, 0.15) is 23.9 Å². The number of carbonyl (C=O) groups excluding carboxylic acids is 1. The summed E-state index contributed by atoms with van der Waals surface area (Å²) in [5.41, 5.74) is 3.15. The van der Waals surface area contributed by atoms with Crippen LogP contribution in [0.2, 0.25) is 0 Å². The quantitative estimate of drug-likeness (QED) is 0.449. The van der Waals surface area contributed by atoms with Gasteiger partial charge in [-0.1, -0.05) is 19.1 Å². The molecule has 3 rings (SSSR count). The minimum atomic E-state index is -0.516. The second kappa shape index (κ2) is 8.76. The van der Waals surface area contributed by atoms with E-state index in [1.54, 1.807) is 14.0 Å². The normalized spacial score (nSPS) is 11.9. The van der Waals surface area contributed by atoms with E-state index in [0.29, 0.717) is 17.9 Å². The molecule has 0 aliphatic carbocycles. The first-order valence-corrected chi connectivity index (χ1v) is 9.43. The summed E-state index contributed by atoms with van der Waals surface area (Å²) in [5, 5.41) is 22.2. The zero-order valence-corrected chi connectivity index (χ0v) is 17.3. The summed E-state index contributed by atoms with van der Waals surface area (Å²) in [6, 6.07) is 7.73. The number of amides is 1. The number of carbonyl (C=O) groups is 1. The van der Waals surface area contributed by atoms with Crippen LogP contribution in [0.4, 0.5) is 11.4 Å². The zero-order chi connectivity index (χ0) is 21.8. The number of ether oxygens (including phenoxy) is 1. The number of rotatable bonds is 8. The maximum Gasteiger partial charge on any atom is 0.306 e. The van der Waals surface area contributed by atoms with E-state index in [1.165, 1.54) is 17.1 Å². The Kier molecular flexibility index (Phi) is 6.14. The van der Waals surface area contributed by atoms with E-state index < -0.39 is 10.8 Å². The van der Waals surface area contributed by atoms with Gasteiger partial charge in [-0.3, -0.25) is 24.3 Å². The minimum absolute atomic E-state index is 0.104. The fraction of sp³-hybridized carbons (Fsp3) is 0.350. The number of aromatic nitrogens is 4. The molecule has 3 aromatic rings. The lowest BCUT2D eigenvalue weighted by Crippen LogP contribution is -2.25. The molecule has 0 aliphatic rings. The molecule has 1 atom stereocenters. The Bertz CT molecular complexity index is 1070. The van der Waals surface area contributed by atoms with Crippen molar-refractivity contribution in [1.82, 2.24) is 19.6 Å². The van der Waals surface area contributed by atoms with Crippen LogP contribution in [0, 0.1) is 29.9 Å². The van der Waals surface area contributed by atoms with Crippen LogP contribution in [0.15, 0.2) is 36.7 Å². The first-order chi connectivity index (χ1) is 14.3. The Morgan fingerprint density at radius 1 is 1.37 bits per heavy atom. The molecule has 1 unspecified atom stereocenters. The molecule has 10 nitrogen and oxygen atoms in total. The predicted octanol–water partition coefficient (Wildman–Crippen LogP) is 2.94. The van der Waals surface area contributed by atoms with E-state index in [2.05, 4.69) is 15.5 Å². The lowest BCUT2D eigenvalue weighted by molar-refractivity contribution is -0.385. The molecule has 2 aromatic heterocycles. The Hall–Kier alpha value is -3.69. The zero-order valence-electron chi connectivity index (χ0n) is 17.3. The van der Waals surface area contributed by atoms with E-state index in [4.69, 9.17) is 4.74 Å². The Balaban J connectivity index is 1.69. The molecule has 2 heterocycles. The number of methoxy groups -OCH3 is 1. The van der Waals surface area contributed by atoms with E-state index in [-0.39, 0.29) is 18.1 Å². The first-order valence-electron chi connectivity index (χ1n) is 9.43. The highest BCUT2D eigenvalue weighted by atomic mass is 16.6. The Morgan fingerprint density at radius 2 is 2.13 bits per heavy atom. The Morgan fingerprint density at radius 3 is 2.80 bits per heavy atom. The van der Waals surface area contributed by atoms with E-state index in [1.807, 2.05) is 42.8 Å². The van der Waals surface area contributed by atoms with Crippen molar-refractivity contribution >= 4 is 17.3 Å². The monoisotopic (exact) mass is 412 g/mol. The fourth-order valence-corrected chi connectivity index (χ4v) is 3.13. The van der Waals surface area contributed by atoms with Crippen LogP contribution in [-0.2, 0) is 17.9 Å². The van der Waals surface area contributed by atoms with E-state index in [0.717, 1.165) is 17.0 Å². The van der Waals surface area contributed by atoms with Gasteiger partial charge in [0.05, 0.1) is 48.1 Å². The number of hydrogen-bond acceptors (Lipinski definition) is 6. The summed E-state index contributed by atoms with van der Waals surface area (Å²) in [4.78, 5) is 22.9. The molecule has 0 saturated heterocycles. The van der Waals surface area contributed by atoms with Gasteiger partial charge in [-0.2, -0.15) is 10.2 Å². The summed E-state index contributed by atoms with van der Waals surface area (Å²) in [7, 11) is 1.62. The number of nitrogens with zero attached hydrogens (tertiary/aromatic N) is 5. The number of nitro groups is 1. The summed E-state index contributed by atoms with van der Waals surface area (Å²) >= 11 is 0. The van der Waals surface area contributed by atoms with Crippen LogP contribution in [0.3, 0.4) is 0 Å². The van der Waals surface area contributed by atoms with Gasteiger partial charge in [-0.25, -0.2) is 0 Å². The van der Waals surface area contributed by atoms with E-state index >= 15 is 0 Å². The average Bonchev–Trinajstić information content (AvgIpc) is 3.28. The topological polar surface area (TPSA) is 117 Å². The van der Waals surface area contributed by atoms with Gasteiger partial charge in [0.1, 0.15) is 18.1 Å². The number of anilines is 1. The third-order valence-corrected chi connectivity index (χ3v) is 4.84. The molecule has 1 amide bonds. The highest BCUT2D eigenvalue weighted by Gasteiger charge is 2.20. The van der Waals surface area contributed by atoms with Gasteiger partial charge in [0.15, 0.2) is 0 Å². The van der Waals surface area contributed by atoms with Crippen molar-refractivity contribution in [3.63, 3.8) is 0 Å². The van der Waals surface area contributed by atoms with Gasteiger partial charge >= 0.3 is 5.69 Å². The van der Waals surface area contributed by atoms with Crippen molar-refractivity contribution in [2.24, 2.45) is 5.92 Å². The second-order valence-corrected chi connectivity index (χ2v) is 7.12. The van der Waals surface area contributed by atoms with E-state index in [9.17, 15) is 14.9 Å². The van der Waals surface area contributed by atoms with Gasteiger partial charge in [-0.05, 0) is 31.5 Å². The van der Waals surface area contributed by atoms with Gasteiger partial charge in [0.25, 0.3) is 0 Å².